The van der Waals surface area contributed by atoms with E-state index in [4.69, 9.17) is 5.73 Å². The molecule has 21 heavy (non-hydrogen) atoms. The Kier molecular flexibility index (Phi) is 4.87. The van der Waals surface area contributed by atoms with E-state index in [2.05, 4.69) is 51.0 Å². The van der Waals surface area contributed by atoms with Crippen LogP contribution in [0.3, 0.4) is 0 Å². The molecule has 1 aromatic rings. The highest BCUT2D eigenvalue weighted by Crippen LogP contribution is 2.33. The first kappa shape index (κ1) is 15.3. The molecule has 2 saturated heterocycles. The summed E-state index contributed by atoms with van der Waals surface area (Å²) in [6.45, 7) is 4.37. The van der Waals surface area contributed by atoms with Crippen LogP contribution in [0.1, 0.15) is 24.8 Å². The summed E-state index contributed by atoms with van der Waals surface area (Å²) >= 11 is 3.70. The lowest BCUT2D eigenvalue weighted by atomic mass is 9.84. The molecule has 2 heterocycles. The number of fused-ring (bicyclic) bond motifs is 1. The van der Waals surface area contributed by atoms with Crippen molar-refractivity contribution in [3.05, 3.63) is 28.2 Å². The van der Waals surface area contributed by atoms with Gasteiger partial charge in [-0.15, -0.1) is 0 Å². The molecule has 2 aliphatic rings. The largest absolute Gasteiger partial charge is 0.371 e. The van der Waals surface area contributed by atoms with Crippen molar-refractivity contribution < 1.29 is 0 Å². The average molecular weight is 352 g/mol. The zero-order valence-corrected chi connectivity index (χ0v) is 14.5. The number of piperidine rings is 2. The van der Waals surface area contributed by atoms with Gasteiger partial charge in [0.1, 0.15) is 0 Å². The first-order valence-corrected chi connectivity index (χ1v) is 8.92. The van der Waals surface area contributed by atoms with Crippen LogP contribution in [0.4, 0.5) is 5.69 Å². The zero-order valence-electron chi connectivity index (χ0n) is 12.9. The van der Waals surface area contributed by atoms with Crippen LogP contribution in [0.5, 0.6) is 0 Å². The number of anilines is 1. The van der Waals surface area contributed by atoms with Gasteiger partial charge in [0.15, 0.2) is 0 Å². The smallest absolute Gasteiger partial charge is 0.0377 e. The second kappa shape index (κ2) is 6.67. The van der Waals surface area contributed by atoms with E-state index in [0.29, 0.717) is 6.54 Å². The first-order chi connectivity index (χ1) is 10.2. The van der Waals surface area contributed by atoms with Crippen molar-refractivity contribution in [1.29, 1.82) is 0 Å². The fraction of sp³-hybridized carbons (Fsp3) is 0.647. The molecular formula is C17H26BrN3. The quantitative estimate of drug-likeness (QED) is 0.908. The Balaban J connectivity index is 1.72. The van der Waals surface area contributed by atoms with Crippen molar-refractivity contribution in [3.63, 3.8) is 0 Å². The van der Waals surface area contributed by atoms with Crippen LogP contribution in [0.15, 0.2) is 22.7 Å². The molecule has 3 nitrogen and oxygen atoms in total. The Morgan fingerprint density at radius 3 is 2.90 bits per heavy atom. The van der Waals surface area contributed by atoms with E-state index in [9.17, 15) is 0 Å². The van der Waals surface area contributed by atoms with Gasteiger partial charge in [-0.25, -0.2) is 0 Å². The molecule has 0 aromatic heterocycles. The van der Waals surface area contributed by atoms with E-state index in [-0.39, 0.29) is 0 Å². The fourth-order valence-corrected chi connectivity index (χ4v) is 4.54. The van der Waals surface area contributed by atoms with Gasteiger partial charge in [-0.05, 0) is 69.4 Å². The molecule has 0 aliphatic carbocycles. The van der Waals surface area contributed by atoms with E-state index >= 15 is 0 Å². The maximum absolute atomic E-state index is 5.66. The van der Waals surface area contributed by atoms with Gasteiger partial charge in [0.25, 0.3) is 0 Å². The molecule has 2 aliphatic heterocycles. The SMILES string of the molecule is CN1CCCC2CN(c3ccc(CCN)c(Br)c3)CCC21. The van der Waals surface area contributed by atoms with Gasteiger partial charge < -0.3 is 15.5 Å². The number of benzene rings is 1. The highest BCUT2D eigenvalue weighted by Gasteiger charge is 2.34. The molecule has 2 fully saturated rings. The molecule has 2 atom stereocenters. The monoisotopic (exact) mass is 351 g/mol. The van der Waals surface area contributed by atoms with Crippen LogP contribution < -0.4 is 10.6 Å². The van der Waals surface area contributed by atoms with E-state index in [1.165, 1.54) is 54.6 Å². The third-order valence-corrected chi connectivity index (χ3v) is 5.90. The molecule has 0 spiro atoms. The standard InChI is InChI=1S/C17H26BrN3/c1-20-9-2-3-14-12-21(10-7-17(14)20)15-5-4-13(6-8-19)16(18)11-15/h4-5,11,14,17H,2-3,6-10,12,19H2,1H3. The summed E-state index contributed by atoms with van der Waals surface area (Å²) in [5.41, 5.74) is 8.33. The van der Waals surface area contributed by atoms with Crippen molar-refractivity contribution >= 4 is 21.6 Å². The van der Waals surface area contributed by atoms with Crippen LogP contribution in [-0.2, 0) is 6.42 Å². The fourth-order valence-electron chi connectivity index (χ4n) is 3.98. The van der Waals surface area contributed by atoms with Crippen molar-refractivity contribution in [2.24, 2.45) is 11.7 Å². The molecule has 0 amide bonds. The summed E-state index contributed by atoms with van der Waals surface area (Å²) < 4.78 is 1.20. The minimum Gasteiger partial charge on any atom is -0.371 e. The molecule has 0 radical (unpaired) electrons. The third-order valence-electron chi connectivity index (χ3n) is 5.16. The van der Waals surface area contributed by atoms with Crippen LogP contribution in [-0.4, -0.2) is 44.2 Å². The second-order valence-corrected chi connectivity index (χ2v) is 7.35. The van der Waals surface area contributed by atoms with Gasteiger partial charge in [0, 0.05) is 29.3 Å². The molecule has 116 valence electrons. The van der Waals surface area contributed by atoms with Crippen molar-refractivity contribution in [1.82, 2.24) is 4.90 Å². The topological polar surface area (TPSA) is 32.5 Å². The van der Waals surface area contributed by atoms with Gasteiger partial charge in [-0.2, -0.15) is 0 Å². The Hall–Kier alpha value is -0.580. The lowest BCUT2D eigenvalue weighted by Gasteiger charge is -2.46. The molecular weight excluding hydrogens is 326 g/mol. The lowest BCUT2D eigenvalue weighted by Crippen LogP contribution is -2.52. The molecule has 3 rings (SSSR count). The third kappa shape index (κ3) is 3.27. The van der Waals surface area contributed by atoms with Gasteiger partial charge in [0.2, 0.25) is 0 Å². The summed E-state index contributed by atoms with van der Waals surface area (Å²) in [5.74, 6) is 0.833. The number of nitrogens with two attached hydrogens (primary N) is 1. The predicted molar refractivity (Wildman–Crippen MR) is 92.9 cm³/mol. The van der Waals surface area contributed by atoms with E-state index in [0.717, 1.165) is 18.4 Å². The summed E-state index contributed by atoms with van der Waals surface area (Å²) in [6, 6.07) is 7.57. The molecule has 2 N–H and O–H groups in total. The summed E-state index contributed by atoms with van der Waals surface area (Å²) in [5, 5.41) is 0. The number of halogens is 1. The van der Waals surface area contributed by atoms with Crippen molar-refractivity contribution in [2.75, 3.05) is 38.1 Å². The molecule has 0 saturated carbocycles. The number of hydrogen-bond donors (Lipinski definition) is 1. The lowest BCUT2D eigenvalue weighted by molar-refractivity contribution is 0.102. The van der Waals surface area contributed by atoms with E-state index in [1.54, 1.807) is 0 Å². The van der Waals surface area contributed by atoms with Crippen LogP contribution in [0.25, 0.3) is 0 Å². The Bertz CT molecular complexity index is 491. The Labute approximate surface area is 136 Å². The van der Waals surface area contributed by atoms with Crippen LogP contribution >= 0.6 is 15.9 Å². The van der Waals surface area contributed by atoms with Gasteiger partial charge in [-0.1, -0.05) is 22.0 Å². The van der Waals surface area contributed by atoms with E-state index < -0.39 is 0 Å². The number of likely N-dealkylation sites (tertiary alicyclic amines) is 1. The summed E-state index contributed by atoms with van der Waals surface area (Å²) in [6.07, 6.45) is 4.97. The van der Waals surface area contributed by atoms with E-state index in [1.807, 2.05) is 0 Å². The molecule has 4 heteroatoms. The van der Waals surface area contributed by atoms with Crippen LogP contribution in [0.2, 0.25) is 0 Å². The van der Waals surface area contributed by atoms with Gasteiger partial charge in [-0.3, -0.25) is 0 Å². The minimum atomic E-state index is 0.706. The summed E-state index contributed by atoms with van der Waals surface area (Å²) in [7, 11) is 2.30. The highest BCUT2D eigenvalue weighted by atomic mass is 79.9. The Morgan fingerprint density at radius 2 is 2.14 bits per heavy atom. The van der Waals surface area contributed by atoms with Gasteiger partial charge in [0.05, 0.1) is 0 Å². The number of hydrogen-bond acceptors (Lipinski definition) is 3. The van der Waals surface area contributed by atoms with Gasteiger partial charge >= 0.3 is 0 Å². The number of nitrogens with zero attached hydrogens (tertiary/aromatic N) is 2. The first-order valence-electron chi connectivity index (χ1n) is 8.12. The molecule has 0 bridgehead atoms. The Morgan fingerprint density at radius 1 is 1.29 bits per heavy atom. The van der Waals surface area contributed by atoms with Crippen molar-refractivity contribution in [3.8, 4) is 0 Å². The maximum atomic E-state index is 5.66. The second-order valence-electron chi connectivity index (χ2n) is 6.50. The predicted octanol–water partition coefficient (Wildman–Crippen LogP) is 2.87. The molecule has 2 unspecified atom stereocenters. The molecule has 1 aromatic carbocycles. The maximum Gasteiger partial charge on any atom is 0.0377 e. The van der Waals surface area contributed by atoms with Crippen molar-refractivity contribution in [2.45, 2.75) is 31.7 Å². The normalized spacial score (nSPS) is 26.7. The number of rotatable bonds is 3. The zero-order chi connectivity index (χ0) is 14.8. The average Bonchev–Trinajstić information content (AvgIpc) is 2.49. The highest BCUT2D eigenvalue weighted by molar-refractivity contribution is 9.10. The van der Waals surface area contributed by atoms with Crippen LogP contribution in [0, 0.1) is 5.92 Å². The minimum absolute atomic E-state index is 0.706. The summed E-state index contributed by atoms with van der Waals surface area (Å²) in [4.78, 5) is 5.14.